The summed E-state index contributed by atoms with van der Waals surface area (Å²) in [5, 5.41) is 5.54. The topological polar surface area (TPSA) is 27.1 Å². The largest absolute Gasteiger partial charge is 0.359 e. The number of ether oxygens (including phenoxy) is 1. The van der Waals surface area contributed by atoms with Crippen LogP contribution in [-0.4, -0.2) is 24.2 Å². The molecule has 1 heterocycles. The van der Waals surface area contributed by atoms with E-state index in [4.69, 9.17) is 12.6 Å². The molecule has 5 heteroatoms. The van der Waals surface area contributed by atoms with E-state index in [2.05, 4.69) is 34.6 Å². The van der Waals surface area contributed by atoms with Crippen molar-refractivity contribution in [2.75, 3.05) is 6.61 Å². The molecule has 0 N–H and O–H groups in total. The van der Waals surface area contributed by atoms with Crippen LogP contribution in [0.3, 0.4) is 0 Å². The maximum absolute atomic E-state index is 5.77. The fraction of sp³-hybridized carbons (Fsp3) is 0.417. The van der Waals surface area contributed by atoms with Crippen molar-refractivity contribution in [3.05, 3.63) is 21.9 Å². The molecule has 0 saturated heterocycles. The number of halogens is 1. The highest BCUT2D eigenvalue weighted by atomic mass is 127. The maximum Gasteiger partial charge on any atom is 0.140 e. The van der Waals surface area contributed by atoms with Gasteiger partial charge in [0.1, 0.15) is 18.3 Å². The zero-order chi connectivity index (χ0) is 12.3. The van der Waals surface area contributed by atoms with Gasteiger partial charge in [0.15, 0.2) is 0 Å². The third kappa shape index (κ3) is 3.01. The highest BCUT2D eigenvalue weighted by molar-refractivity contribution is 14.1. The van der Waals surface area contributed by atoms with Crippen LogP contribution in [0.2, 0.25) is 0 Å². The molecule has 2 rings (SSSR count). The minimum Gasteiger partial charge on any atom is -0.359 e. The van der Waals surface area contributed by atoms with Gasteiger partial charge in [-0.15, -0.1) is 0 Å². The Morgan fingerprint density at radius 3 is 3.06 bits per heavy atom. The van der Waals surface area contributed by atoms with Gasteiger partial charge in [0.2, 0.25) is 0 Å². The first kappa shape index (κ1) is 12.9. The standard InChI is InChI=1S/C12H14BIN2O/c1-2-3-6-17-8-16-11-5-4-9(13)7-10(11)12(14)15-16/h4-5,7H,2-3,6,8H2,1H3. The molecule has 0 unspecified atom stereocenters. The normalized spacial score (nSPS) is 11.2. The van der Waals surface area contributed by atoms with Gasteiger partial charge >= 0.3 is 0 Å². The van der Waals surface area contributed by atoms with Gasteiger partial charge in [0, 0.05) is 12.0 Å². The van der Waals surface area contributed by atoms with Crippen LogP contribution in [0.5, 0.6) is 0 Å². The van der Waals surface area contributed by atoms with Gasteiger partial charge in [-0.05, 0) is 35.1 Å². The van der Waals surface area contributed by atoms with E-state index in [-0.39, 0.29) is 0 Å². The van der Waals surface area contributed by atoms with Crippen molar-refractivity contribution in [3.8, 4) is 0 Å². The summed E-state index contributed by atoms with van der Waals surface area (Å²) in [5.74, 6) is 0. The van der Waals surface area contributed by atoms with Crippen LogP contribution in [0, 0.1) is 3.70 Å². The molecule has 0 saturated carbocycles. The van der Waals surface area contributed by atoms with E-state index in [9.17, 15) is 0 Å². The second-order valence-electron chi connectivity index (χ2n) is 3.96. The molecule has 0 aliphatic carbocycles. The molecular formula is C12H14BIN2O. The summed E-state index contributed by atoms with van der Waals surface area (Å²) in [6, 6.07) is 5.83. The summed E-state index contributed by atoms with van der Waals surface area (Å²) in [7, 11) is 5.77. The van der Waals surface area contributed by atoms with Gasteiger partial charge in [0.05, 0.1) is 5.52 Å². The Balaban J connectivity index is 2.17. The maximum atomic E-state index is 5.77. The van der Waals surface area contributed by atoms with E-state index < -0.39 is 0 Å². The van der Waals surface area contributed by atoms with Crippen molar-refractivity contribution < 1.29 is 4.74 Å². The van der Waals surface area contributed by atoms with Crippen molar-refractivity contribution in [2.24, 2.45) is 0 Å². The van der Waals surface area contributed by atoms with Gasteiger partial charge in [0.25, 0.3) is 0 Å². The Morgan fingerprint density at radius 2 is 2.29 bits per heavy atom. The third-order valence-corrected chi connectivity index (χ3v) is 3.38. The second-order valence-corrected chi connectivity index (χ2v) is 4.98. The number of benzene rings is 1. The smallest absolute Gasteiger partial charge is 0.140 e. The van der Waals surface area contributed by atoms with Crippen molar-refractivity contribution >= 4 is 46.8 Å². The van der Waals surface area contributed by atoms with Crippen LogP contribution in [-0.2, 0) is 11.5 Å². The predicted molar refractivity (Wildman–Crippen MR) is 78.7 cm³/mol. The van der Waals surface area contributed by atoms with E-state index in [0.29, 0.717) is 6.73 Å². The second kappa shape index (κ2) is 5.86. The van der Waals surface area contributed by atoms with Crippen molar-refractivity contribution in [3.63, 3.8) is 0 Å². The minimum absolute atomic E-state index is 0.503. The van der Waals surface area contributed by atoms with E-state index in [1.807, 2.05) is 22.9 Å². The minimum atomic E-state index is 0.503. The van der Waals surface area contributed by atoms with Gasteiger partial charge in [-0.25, -0.2) is 4.68 Å². The van der Waals surface area contributed by atoms with Crippen molar-refractivity contribution in [1.29, 1.82) is 0 Å². The Morgan fingerprint density at radius 1 is 1.47 bits per heavy atom. The van der Waals surface area contributed by atoms with Crippen LogP contribution in [0.15, 0.2) is 18.2 Å². The van der Waals surface area contributed by atoms with Crippen LogP contribution in [0.1, 0.15) is 19.8 Å². The molecule has 2 aromatic rings. The van der Waals surface area contributed by atoms with Crippen LogP contribution < -0.4 is 5.46 Å². The summed E-state index contributed by atoms with van der Waals surface area (Å²) in [6.45, 7) is 3.44. The third-order valence-electron chi connectivity index (χ3n) is 2.59. The number of fused-ring (bicyclic) bond motifs is 1. The molecule has 3 nitrogen and oxygen atoms in total. The molecule has 0 fully saturated rings. The van der Waals surface area contributed by atoms with Crippen molar-refractivity contribution in [2.45, 2.75) is 26.5 Å². The summed E-state index contributed by atoms with van der Waals surface area (Å²) in [5.41, 5.74) is 1.84. The predicted octanol–water partition coefficient (Wildman–Crippen LogP) is 2.21. The molecular weight excluding hydrogens is 326 g/mol. The Hall–Kier alpha value is -0.555. The molecule has 0 aliphatic rings. The number of hydrogen-bond acceptors (Lipinski definition) is 2. The Kier molecular flexibility index (Phi) is 4.45. The molecule has 1 aromatic heterocycles. The highest BCUT2D eigenvalue weighted by Crippen LogP contribution is 2.18. The van der Waals surface area contributed by atoms with Gasteiger partial charge in [-0.3, -0.25) is 0 Å². The summed E-state index contributed by atoms with van der Waals surface area (Å²) in [4.78, 5) is 0. The van der Waals surface area contributed by atoms with Crippen LogP contribution >= 0.6 is 22.6 Å². The zero-order valence-corrected chi connectivity index (χ0v) is 12.0. The molecule has 0 aliphatic heterocycles. The molecule has 0 spiro atoms. The fourth-order valence-corrected chi connectivity index (χ4v) is 2.35. The van der Waals surface area contributed by atoms with Crippen LogP contribution in [0.4, 0.5) is 0 Å². The highest BCUT2D eigenvalue weighted by Gasteiger charge is 2.07. The lowest BCUT2D eigenvalue weighted by Crippen LogP contribution is -2.06. The number of unbranched alkanes of at least 4 members (excludes halogenated alkanes) is 1. The Bertz CT molecular complexity index is 512. The first-order valence-corrected chi connectivity index (χ1v) is 6.79. The number of rotatable bonds is 5. The van der Waals surface area contributed by atoms with Crippen molar-refractivity contribution in [1.82, 2.24) is 9.78 Å². The lowest BCUT2D eigenvalue weighted by molar-refractivity contribution is 0.0695. The first-order chi connectivity index (χ1) is 8.22. The molecule has 2 radical (unpaired) electrons. The molecule has 1 aromatic carbocycles. The average Bonchev–Trinajstić information content (AvgIpc) is 2.62. The summed E-state index contributed by atoms with van der Waals surface area (Å²) >= 11 is 2.22. The van der Waals surface area contributed by atoms with E-state index >= 15 is 0 Å². The fourth-order valence-electron chi connectivity index (χ4n) is 1.65. The summed E-state index contributed by atoms with van der Waals surface area (Å²) < 4.78 is 8.42. The molecule has 0 atom stereocenters. The van der Waals surface area contributed by atoms with Crippen LogP contribution in [0.25, 0.3) is 10.9 Å². The van der Waals surface area contributed by atoms with E-state index in [1.165, 1.54) is 0 Å². The average molecular weight is 340 g/mol. The number of nitrogens with zero attached hydrogens (tertiary/aromatic N) is 2. The molecule has 17 heavy (non-hydrogen) atoms. The van der Waals surface area contributed by atoms with Gasteiger partial charge < -0.3 is 4.74 Å². The number of aromatic nitrogens is 2. The zero-order valence-electron chi connectivity index (χ0n) is 9.82. The monoisotopic (exact) mass is 340 g/mol. The van der Waals surface area contributed by atoms with Gasteiger partial charge in [-0.2, -0.15) is 5.10 Å². The lowest BCUT2D eigenvalue weighted by Gasteiger charge is -2.04. The SMILES string of the molecule is [B]c1ccc2c(c1)c(I)nn2COCCCC. The quantitative estimate of drug-likeness (QED) is 0.474. The lowest BCUT2D eigenvalue weighted by atomic mass is 9.95. The van der Waals surface area contributed by atoms with E-state index in [1.54, 1.807) is 0 Å². The summed E-state index contributed by atoms with van der Waals surface area (Å²) in [6.07, 6.45) is 2.23. The number of hydrogen-bond donors (Lipinski definition) is 0. The van der Waals surface area contributed by atoms with E-state index in [0.717, 1.165) is 39.5 Å². The molecule has 0 amide bonds. The molecule has 88 valence electrons. The molecule has 0 bridgehead atoms. The Labute approximate surface area is 116 Å². The van der Waals surface area contributed by atoms with Gasteiger partial charge in [-0.1, -0.05) is 30.9 Å². The first-order valence-electron chi connectivity index (χ1n) is 5.71.